The SMILES string of the molecule is NS(=O)(=O)c1ccc(CNC(=O)[C@@H](Cc2ccccc2)NC(=O)c2ccco2)cc1. The van der Waals surface area contributed by atoms with E-state index < -0.39 is 22.0 Å². The first-order valence-electron chi connectivity index (χ1n) is 9.10. The van der Waals surface area contributed by atoms with E-state index in [0.29, 0.717) is 12.0 Å². The molecule has 30 heavy (non-hydrogen) atoms. The van der Waals surface area contributed by atoms with Gasteiger partial charge >= 0.3 is 0 Å². The molecule has 0 unspecified atom stereocenters. The van der Waals surface area contributed by atoms with E-state index in [2.05, 4.69) is 10.6 Å². The molecule has 3 aromatic rings. The molecule has 0 saturated heterocycles. The second-order valence-electron chi connectivity index (χ2n) is 6.60. The maximum absolute atomic E-state index is 12.8. The van der Waals surface area contributed by atoms with Gasteiger partial charge in [0.25, 0.3) is 5.91 Å². The summed E-state index contributed by atoms with van der Waals surface area (Å²) in [7, 11) is -3.78. The fourth-order valence-corrected chi connectivity index (χ4v) is 3.32. The lowest BCUT2D eigenvalue weighted by atomic mass is 10.0. The molecule has 2 amide bonds. The van der Waals surface area contributed by atoms with E-state index in [9.17, 15) is 18.0 Å². The number of benzene rings is 2. The third kappa shape index (κ3) is 5.79. The van der Waals surface area contributed by atoms with Gasteiger partial charge in [-0.2, -0.15) is 0 Å². The molecule has 9 heteroatoms. The third-order valence-electron chi connectivity index (χ3n) is 4.37. The van der Waals surface area contributed by atoms with Crippen molar-refractivity contribution in [2.45, 2.75) is 23.9 Å². The summed E-state index contributed by atoms with van der Waals surface area (Å²) in [6.45, 7) is 0.158. The zero-order valence-electron chi connectivity index (χ0n) is 15.9. The number of hydrogen-bond donors (Lipinski definition) is 3. The summed E-state index contributed by atoms with van der Waals surface area (Å²) < 4.78 is 27.8. The maximum Gasteiger partial charge on any atom is 0.287 e. The van der Waals surface area contributed by atoms with Crippen LogP contribution in [0.15, 0.2) is 82.3 Å². The average Bonchev–Trinajstić information content (AvgIpc) is 3.27. The second-order valence-corrected chi connectivity index (χ2v) is 8.16. The lowest BCUT2D eigenvalue weighted by molar-refractivity contribution is -0.123. The van der Waals surface area contributed by atoms with Crippen LogP contribution in [-0.2, 0) is 27.8 Å². The minimum atomic E-state index is -3.78. The molecule has 0 radical (unpaired) electrons. The Bertz CT molecular complexity index is 1100. The smallest absolute Gasteiger partial charge is 0.287 e. The van der Waals surface area contributed by atoms with E-state index in [1.54, 1.807) is 18.2 Å². The molecule has 8 nitrogen and oxygen atoms in total. The molecule has 4 N–H and O–H groups in total. The fourth-order valence-electron chi connectivity index (χ4n) is 2.81. The number of carbonyl (C=O) groups is 2. The number of primary sulfonamides is 1. The van der Waals surface area contributed by atoms with Crippen LogP contribution in [0.5, 0.6) is 0 Å². The zero-order chi connectivity index (χ0) is 21.6. The second kappa shape index (κ2) is 9.38. The van der Waals surface area contributed by atoms with E-state index in [1.165, 1.54) is 24.5 Å². The summed E-state index contributed by atoms with van der Waals surface area (Å²) in [5.74, 6) is -0.762. The molecular formula is C21H21N3O5S. The number of sulfonamides is 1. The molecule has 1 heterocycles. The third-order valence-corrected chi connectivity index (χ3v) is 5.30. The topological polar surface area (TPSA) is 132 Å². The van der Waals surface area contributed by atoms with Crippen LogP contribution in [0.4, 0.5) is 0 Å². The maximum atomic E-state index is 12.8. The van der Waals surface area contributed by atoms with Crippen molar-refractivity contribution < 1.29 is 22.4 Å². The first-order valence-corrected chi connectivity index (χ1v) is 10.7. The molecule has 3 rings (SSSR count). The largest absolute Gasteiger partial charge is 0.459 e. The molecular weight excluding hydrogens is 406 g/mol. The minimum absolute atomic E-state index is 0.00904. The molecule has 0 aliphatic rings. The van der Waals surface area contributed by atoms with Crippen molar-refractivity contribution >= 4 is 21.8 Å². The first-order chi connectivity index (χ1) is 14.3. The predicted octanol–water partition coefficient (Wildman–Crippen LogP) is 1.58. The van der Waals surface area contributed by atoms with Crippen molar-refractivity contribution in [2.75, 3.05) is 0 Å². The summed E-state index contributed by atoms with van der Waals surface area (Å²) >= 11 is 0. The van der Waals surface area contributed by atoms with Crippen LogP contribution in [0, 0.1) is 0 Å². The van der Waals surface area contributed by atoms with Crippen LogP contribution in [0.1, 0.15) is 21.7 Å². The van der Waals surface area contributed by atoms with E-state index in [-0.39, 0.29) is 23.1 Å². The van der Waals surface area contributed by atoms with Crippen molar-refractivity contribution in [1.82, 2.24) is 10.6 Å². The van der Waals surface area contributed by atoms with Gasteiger partial charge in [-0.15, -0.1) is 0 Å². The van der Waals surface area contributed by atoms with Gasteiger partial charge in [0.15, 0.2) is 5.76 Å². The molecule has 1 atom stereocenters. The quantitative estimate of drug-likeness (QED) is 0.502. The number of nitrogens with two attached hydrogens (primary N) is 1. The number of rotatable bonds is 8. The van der Waals surface area contributed by atoms with Crippen LogP contribution in [0.2, 0.25) is 0 Å². The number of carbonyl (C=O) groups excluding carboxylic acids is 2. The highest BCUT2D eigenvalue weighted by atomic mass is 32.2. The highest BCUT2D eigenvalue weighted by Crippen LogP contribution is 2.10. The van der Waals surface area contributed by atoms with Gasteiger partial charge in [0.1, 0.15) is 6.04 Å². The van der Waals surface area contributed by atoms with Gasteiger partial charge in [0, 0.05) is 13.0 Å². The molecule has 0 saturated carbocycles. The van der Waals surface area contributed by atoms with Gasteiger partial charge in [-0.1, -0.05) is 42.5 Å². The Kier molecular flexibility index (Phi) is 6.65. The van der Waals surface area contributed by atoms with E-state index >= 15 is 0 Å². The molecule has 0 aliphatic carbocycles. The van der Waals surface area contributed by atoms with Crippen molar-refractivity contribution in [2.24, 2.45) is 5.14 Å². The van der Waals surface area contributed by atoms with Crippen LogP contribution < -0.4 is 15.8 Å². The molecule has 0 fully saturated rings. The molecule has 0 aliphatic heterocycles. The number of hydrogen-bond acceptors (Lipinski definition) is 5. The standard InChI is InChI=1S/C21H21N3O5S/c22-30(27,28)17-10-8-16(9-11-17)14-23-20(25)18(13-15-5-2-1-3-6-15)24-21(26)19-7-4-12-29-19/h1-12,18H,13-14H2,(H,23,25)(H,24,26)(H2,22,27,28)/t18-/m1/s1. The van der Waals surface area contributed by atoms with Gasteiger partial charge in [-0.3, -0.25) is 9.59 Å². The summed E-state index contributed by atoms with van der Waals surface area (Å²) in [5.41, 5.74) is 1.57. The monoisotopic (exact) mass is 427 g/mol. The lowest BCUT2D eigenvalue weighted by Gasteiger charge is -2.18. The summed E-state index contributed by atoms with van der Waals surface area (Å²) in [6, 6.07) is 17.5. The Balaban J connectivity index is 1.68. The number of nitrogens with one attached hydrogen (secondary N) is 2. The van der Waals surface area contributed by atoms with Crippen molar-refractivity contribution in [3.63, 3.8) is 0 Å². The summed E-state index contributed by atoms with van der Waals surface area (Å²) in [4.78, 5) is 25.1. The van der Waals surface area contributed by atoms with Crippen LogP contribution in [0.25, 0.3) is 0 Å². The van der Waals surface area contributed by atoms with Crippen LogP contribution >= 0.6 is 0 Å². The molecule has 156 valence electrons. The molecule has 0 bridgehead atoms. The van der Waals surface area contributed by atoms with Gasteiger partial charge in [0.2, 0.25) is 15.9 Å². The van der Waals surface area contributed by atoms with Crippen LogP contribution in [0.3, 0.4) is 0 Å². The van der Waals surface area contributed by atoms with E-state index in [0.717, 1.165) is 5.56 Å². The van der Waals surface area contributed by atoms with Gasteiger partial charge < -0.3 is 15.1 Å². The zero-order valence-corrected chi connectivity index (χ0v) is 16.8. The fraction of sp³-hybridized carbons (Fsp3) is 0.143. The highest BCUT2D eigenvalue weighted by Gasteiger charge is 2.23. The Hall–Kier alpha value is -3.43. The number of amides is 2. The minimum Gasteiger partial charge on any atom is -0.459 e. The number of furan rings is 1. The lowest BCUT2D eigenvalue weighted by Crippen LogP contribution is -2.47. The Morgan fingerprint density at radius 3 is 2.23 bits per heavy atom. The summed E-state index contributed by atoms with van der Waals surface area (Å²) in [5, 5.41) is 10.5. The van der Waals surface area contributed by atoms with Crippen molar-refractivity contribution in [3.8, 4) is 0 Å². The average molecular weight is 427 g/mol. The van der Waals surface area contributed by atoms with Gasteiger partial charge in [-0.05, 0) is 35.4 Å². The van der Waals surface area contributed by atoms with Gasteiger partial charge in [-0.25, -0.2) is 13.6 Å². The van der Waals surface area contributed by atoms with Crippen molar-refractivity contribution in [1.29, 1.82) is 0 Å². The highest BCUT2D eigenvalue weighted by molar-refractivity contribution is 7.89. The molecule has 2 aromatic carbocycles. The van der Waals surface area contributed by atoms with E-state index in [1.807, 2.05) is 30.3 Å². The van der Waals surface area contributed by atoms with Crippen LogP contribution in [-0.4, -0.2) is 26.3 Å². The first kappa shape index (κ1) is 21.3. The molecule has 1 aromatic heterocycles. The Morgan fingerprint density at radius 2 is 1.63 bits per heavy atom. The predicted molar refractivity (Wildman–Crippen MR) is 110 cm³/mol. The molecule has 0 spiro atoms. The van der Waals surface area contributed by atoms with Crippen molar-refractivity contribution in [3.05, 3.63) is 89.9 Å². The Labute approximate surface area is 174 Å². The normalized spacial score (nSPS) is 12.2. The summed E-state index contributed by atoms with van der Waals surface area (Å²) in [6.07, 6.45) is 1.68. The Morgan fingerprint density at radius 1 is 0.933 bits per heavy atom. The van der Waals surface area contributed by atoms with E-state index in [4.69, 9.17) is 9.56 Å². The van der Waals surface area contributed by atoms with Gasteiger partial charge in [0.05, 0.1) is 11.2 Å².